The van der Waals surface area contributed by atoms with Crippen molar-refractivity contribution in [2.24, 2.45) is 0 Å². The first-order valence-electron chi connectivity index (χ1n) is 9.13. The third kappa shape index (κ3) is 4.88. The molecule has 0 aliphatic carbocycles. The number of nitrogens with zero attached hydrogens (tertiary/aromatic N) is 1. The highest BCUT2D eigenvalue weighted by Gasteiger charge is 2.33. The summed E-state index contributed by atoms with van der Waals surface area (Å²) in [6.45, 7) is 1.84. The fourth-order valence-corrected chi connectivity index (χ4v) is 4.06. The number of carbonyl (C=O) groups excluding carboxylic acids is 1. The van der Waals surface area contributed by atoms with Gasteiger partial charge in [0.2, 0.25) is 0 Å². The Morgan fingerprint density at radius 1 is 0.903 bits per heavy atom. The Balaban J connectivity index is 1.80. The molecule has 9 heteroatoms. The smallest absolute Gasteiger partial charge is 0.321 e. The van der Waals surface area contributed by atoms with Gasteiger partial charge in [0.1, 0.15) is 0 Å². The molecule has 1 N–H and O–H groups in total. The van der Waals surface area contributed by atoms with Gasteiger partial charge >= 0.3 is 6.18 Å². The fourth-order valence-electron chi connectivity index (χ4n) is 2.86. The average Bonchev–Trinajstić information content (AvgIpc) is 2.73. The lowest BCUT2D eigenvalue weighted by Crippen LogP contribution is -2.26. The molecule has 5 nitrogen and oxygen atoms in total. The third-order valence-electron chi connectivity index (χ3n) is 4.65. The molecule has 31 heavy (non-hydrogen) atoms. The zero-order valence-corrected chi connectivity index (χ0v) is 17.5. The van der Waals surface area contributed by atoms with Crippen LogP contribution in [-0.2, 0) is 16.2 Å². The first-order valence-corrected chi connectivity index (χ1v) is 10.6. The number of benzene rings is 3. The van der Waals surface area contributed by atoms with Crippen molar-refractivity contribution in [1.82, 2.24) is 0 Å². The molecule has 0 bridgehead atoms. The summed E-state index contributed by atoms with van der Waals surface area (Å²) in [6, 6.07) is 16.6. The number of halogens is 3. The number of nitrogens with one attached hydrogen (secondary N) is 1. The first-order chi connectivity index (χ1) is 14.5. The van der Waals surface area contributed by atoms with Crippen LogP contribution in [0.1, 0.15) is 21.5 Å². The maximum Gasteiger partial charge on any atom is 0.418 e. The molecule has 0 heterocycles. The lowest BCUT2D eigenvalue weighted by atomic mass is 10.1. The van der Waals surface area contributed by atoms with Gasteiger partial charge in [0.15, 0.2) is 0 Å². The van der Waals surface area contributed by atoms with Crippen molar-refractivity contribution in [3.8, 4) is 0 Å². The Hall–Kier alpha value is -3.33. The van der Waals surface area contributed by atoms with E-state index in [9.17, 15) is 26.4 Å². The van der Waals surface area contributed by atoms with Gasteiger partial charge in [0.05, 0.1) is 21.8 Å². The number of anilines is 2. The van der Waals surface area contributed by atoms with Gasteiger partial charge in [-0.05, 0) is 55.5 Å². The van der Waals surface area contributed by atoms with Crippen molar-refractivity contribution in [2.75, 3.05) is 16.7 Å². The molecule has 1 amide bonds. The Morgan fingerprint density at radius 3 is 2.06 bits per heavy atom. The minimum atomic E-state index is -4.61. The highest BCUT2D eigenvalue weighted by atomic mass is 32.2. The second-order valence-electron chi connectivity index (χ2n) is 6.83. The van der Waals surface area contributed by atoms with Crippen LogP contribution < -0.4 is 9.62 Å². The van der Waals surface area contributed by atoms with Crippen molar-refractivity contribution in [3.63, 3.8) is 0 Å². The Kier molecular flexibility index (Phi) is 6.08. The van der Waals surface area contributed by atoms with E-state index >= 15 is 0 Å². The number of alkyl halides is 3. The number of rotatable bonds is 5. The van der Waals surface area contributed by atoms with Gasteiger partial charge in [-0.15, -0.1) is 0 Å². The molecule has 0 fully saturated rings. The molecule has 0 saturated carbocycles. The van der Waals surface area contributed by atoms with Gasteiger partial charge in [-0.25, -0.2) is 8.42 Å². The summed E-state index contributed by atoms with van der Waals surface area (Å²) in [5, 5.41) is 2.25. The summed E-state index contributed by atoms with van der Waals surface area (Å²) >= 11 is 0. The van der Waals surface area contributed by atoms with Crippen molar-refractivity contribution in [1.29, 1.82) is 0 Å². The zero-order chi connectivity index (χ0) is 22.8. The average molecular weight is 448 g/mol. The quantitative estimate of drug-likeness (QED) is 0.591. The van der Waals surface area contributed by atoms with E-state index < -0.39 is 27.7 Å². The summed E-state index contributed by atoms with van der Waals surface area (Å²) < 4.78 is 65.9. The third-order valence-corrected chi connectivity index (χ3v) is 6.45. The Morgan fingerprint density at radius 2 is 1.48 bits per heavy atom. The summed E-state index contributed by atoms with van der Waals surface area (Å²) in [5.41, 5.74) is -0.00854. The number of amides is 1. The molecule has 0 unspecified atom stereocenters. The van der Waals surface area contributed by atoms with Gasteiger partial charge < -0.3 is 5.32 Å². The lowest BCUT2D eigenvalue weighted by Gasteiger charge is -2.20. The number of hydrogen-bond donors (Lipinski definition) is 1. The predicted molar refractivity (Wildman–Crippen MR) is 113 cm³/mol. The van der Waals surface area contributed by atoms with Gasteiger partial charge in [0.25, 0.3) is 15.9 Å². The van der Waals surface area contributed by atoms with E-state index in [2.05, 4.69) is 5.32 Å². The van der Waals surface area contributed by atoms with Gasteiger partial charge in [-0.2, -0.15) is 13.2 Å². The first kappa shape index (κ1) is 22.4. The van der Waals surface area contributed by atoms with Crippen molar-refractivity contribution in [2.45, 2.75) is 18.0 Å². The largest absolute Gasteiger partial charge is 0.418 e. The minimum Gasteiger partial charge on any atom is -0.321 e. The highest BCUT2D eigenvalue weighted by Crippen LogP contribution is 2.34. The van der Waals surface area contributed by atoms with E-state index in [1.54, 1.807) is 12.1 Å². The van der Waals surface area contributed by atoms with Crippen LogP contribution in [0.15, 0.2) is 77.7 Å². The van der Waals surface area contributed by atoms with Crippen molar-refractivity contribution >= 4 is 27.3 Å². The van der Waals surface area contributed by atoms with E-state index in [0.717, 1.165) is 22.0 Å². The second-order valence-corrected chi connectivity index (χ2v) is 8.80. The minimum absolute atomic E-state index is 0.0851. The monoisotopic (exact) mass is 448 g/mol. The van der Waals surface area contributed by atoms with Gasteiger partial charge in [-0.1, -0.05) is 29.8 Å². The molecular formula is C22H19F3N2O3S. The van der Waals surface area contributed by atoms with E-state index in [1.165, 1.54) is 55.6 Å². The molecule has 162 valence electrons. The van der Waals surface area contributed by atoms with E-state index in [-0.39, 0.29) is 16.1 Å². The lowest BCUT2D eigenvalue weighted by molar-refractivity contribution is -0.136. The van der Waals surface area contributed by atoms with Crippen LogP contribution in [0.25, 0.3) is 0 Å². The summed E-state index contributed by atoms with van der Waals surface area (Å²) in [7, 11) is -2.43. The molecule has 0 saturated heterocycles. The van der Waals surface area contributed by atoms with Crippen LogP contribution in [0.2, 0.25) is 0 Å². The number of sulfonamides is 1. The molecule has 3 rings (SSSR count). The summed E-state index contributed by atoms with van der Waals surface area (Å²) in [4.78, 5) is 12.5. The van der Waals surface area contributed by atoms with Crippen LogP contribution in [0, 0.1) is 6.92 Å². The Labute approximate surface area is 178 Å². The molecule has 0 aliphatic heterocycles. The number of para-hydroxylation sites is 1. The predicted octanol–water partition coefficient (Wildman–Crippen LogP) is 5.09. The van der Waals surface area contributed by atoms with Crippen LogP contribution >= 0.6 is 0 Å². The van der Waals surface area contributed by atoms with Crippen molar-refractivity contribution < 1.29 is 26.4 Å². The van der Waals surface area contributed by atoms with Crippen LogP contribution in [0.4, 0.5) is 24.5 Å². The maximum atomic E-state index is 13.1. The second kappa shape index (κ2) is 8.43. The summed E-state index contributed by atoms with van der Waals surface area (Å²) in [5.74, 6) is -0.743. The Bertz CT molecular complexity index is 1190. The zero-order valence-electron chi connectivity index (χ0n) is 16.6. The van der Waals surface area contributed by atoms with Gasteiger partial charge in [-0.3, -0.25) is 9.10 Å². The normalized spacial score (nSPS) is 11.8. The number of aryl methyl sites for hydroxylation is 1. The number of carbonyl (C=O) groups is 1. The van der Waals surface area contributed by atoms with Crippen molar-refractivity contribution in [3.05, 3.63) is 89.5 Å². The topological polar surface area (TPSA) is 66.5 Å². The van der Waals surface area contributed by atoms with Crippen LogP contribution in [0.3, 0.4) is 0 Å². The molecule has 0 radical (unpaired) electrons. The standard InChI is InChI=1S/C22H19F3N2O3S/c1-15-7-13-18(14-8-15)31(29,30)27(2)17-11-9-16(10-12-17)21(28)26-20-6-4-3-5-19(20)22(23,24)25/h3-14H,1-2H3,(H,26,28). The molecule has 3 aromatic rings. The summed E-state index contributed by atoms with van der Waals surface area (Å²) in [6.07, 6.45) is -4.61. The number of hydrogen-bond acceptors (Lipinski definition) is 3. The maximum absolute atomic E-state index is 13.1. The van der Waals surface area contributed by atoms with E-state index in [1.807, 2.05) is 6.92 Å². The highest BCUT2D eigenvalue weighted by molar-refractivity contribution is 7.92. The van der Waals surface area contributed by atoms with Gasteiger partial charge in [0, 0.05) is 12.6 Å². The molecule has 3 aromatic carbocycles. The molecular weight excluding hydrogens is 429 g/mol. The molecule has 0 aliphatic rings. The molecule has 0 aromatic heterocycles. The fraction of sp³-hybridized carbons (Fsp3) is 0.136. The van der Waals surface area contributed by atoms with Crippen LogP contribution in [0.5, 0.6) is 0 Å². The van der Waals surface area contributed by atoms with E-state index in [4.69, 9.17) is 0 Å². The van der Waals surface area contributed by atoms with Crippen LogP contribution in [-0.4, -0.2) is 21.4 Å². The molecule has 0 spiro atoms. The molecule has 0 atom stereocenters. The van der Waals surface area contributed by atoms with E-state index in [0.29, 0.717) is 5.69 Å². The SMILES string of the molecule is Cc1ccc(S(=O)(=O)N(C)c2ccc(C(=O)Nc3ccccc3C(F)(F)F)cc2)cc1.